The Morgan fingerprint density at radius 2 is 2.04 bits per heavy atom. The van der Waals surface area contributed by atoms with E-state index in [0.29, 0.717) is 42.1 Å². The van der Waals surface area contributed by atoms with Crippen molar-refractivity contribution in [2.75, 3.05) is 18.5 Å². The minimum absolute atomic E-state index is 0.0355. The fraction of sp³-hybridized carbons (Fsp3) is 0.267. The van der Waals surface area contributed by atoms with Crippen LogP contribution in [0.2, 0.25) is 5.02 Å². The summed E-state index contributed by atoms with van der Waals surface area (Å²) in [7, 11) is -3.74. The molecule has 3 N–H and O–H groups in total. The molecule has 24 heavy (non-hydrogen) atoms. The number of aromatic nitrogens is 1. The highest BCUT2D eigenvalue weighted by Gasteiger charge is 2.15. The van der Waals surface area contributed by atoms with Gasteiger partial charge in [-0.25, -0.2) is 18.5 Å². The third-order valence-corrected chi connectivity index (χ3v) is 4.58. The van der Waals surface area contributed by atoms with Gasteiger partial charge in [0.2, 0.25) is 10.0 Å². The van der Waals surface area contributed by atoms with Gasteiger partial charge in [-0.2, -0.15) is 0 Å². The topological polar surface area (TPSA) is 104 Å². The molecule has 0 spiro atoms. The molecule has 1 aromatic carbocycles. The first-order valence-corrected chi connectivity index (χ1v) is 9.16. The van der Waals surface area contributed by atoms with Gasteiger partial charge in [-0.1, -0.05) is 11.6 Å². The van der Waals surface area contributed by atoms with E-state index in [2.05, 4.69) is 10.3 Å². The van der Waals surface area contributed by atoms with Crippen LogP contribution in [0.15, 0.2) is 35.4 Å². The summed E-state index contributed by atoms with van der Waals surface area (Å²) in [5.74, 6) is 1.70. The molecule has 7 nitrogen and oxygen atoms in total. The van der Waals surface area contributed by atoms with Crippen molar-refractivity contribution in [1.29, 1.82) is 0 Å². The maximum absolute atomic E-state index is 11.2. The van der Waals surface area contributed by atoms with Crippen LogP contribution in [0.5, 0.6) is 11.5 Å². The van der Waals surface area contributed by atoms with Crippen molar-refractivity contribution >= 4 is 27.4 Å². The van der Waals surface area contributed by atoms with Gasteiger partial charge in [0.1, 0.15) is 10.7 Å². The van der Waals surface area contributed by atoms with Crippen LogP contribution in [0.3, 0.4) is 0 Å². The number of benzene rings is 1. The number of anilines is 1. The zero-order valence-corrected chi connectivity index (χ0v) is 14.2. The van der Waals surface area contributed by atoms with E-state index in [1.54, 1.807) is 12.1 Å². The third-order valence-electron chi connectivity index (χ3n) is 3.40. The summed E-state index contributed by atoms with van der Waals surface area (Å²) in [6, 6.07) is 6.59. The highest BCUT2D eigenvalue weighted by atomic mass is 35.5. The number of fused-ring (bicyclic) bond motifs is 1. The fourth-order valence-electron chi connectivity index (χ4n) is 2.23. The van der Waals surface area contributed by atoms with Crippen molar-refractivity contribution in [2.24, 2.45) is 5.14 Å². The quantitative estimate of drug-likeness (QED) is 0.855. The Labute approximate surface area is 144 Å². The molecular formula is C15H16ClN3O4S. The molecular weight excluding hydrogens is 354 g/mol. The molecule has 0 atom stereocenters. The molecule has 0 amide bonds. The van der Waals surface area contributed by atoms with Crippen LogP contribution >= 0.6 is 11.6 Å². The summed E-state index contributed by atoms with van der Waals surface area (Å²) in [6.45, 7) is 1.60. The van der Waals surface area contributed by atoms with Crippen molar-refractivity contribution in [3.8, 4) is 11.5 Å². The van der Waals surface area contributed by atoms with Gasteiger partial charge in [-0.3, -0.25) is 0 Å². The van der Waals surface area contributed by atoms with E-state index >= 15 is 0 Å². The van der Waals surface area contributed by atoms with Crippen LogP contribution in [-0.4, -0.2) is 26.6 Å². The Bertz CT molecular complexity index is 841. The average molecular weight is 370 g/mol. The lowest BCUT2D eigenvalue weighted by molar-refractivity contribution is 0.297. The summed E-state index contributed by atoms with van der Waals surface area (Å²) in [4.78, 5) is 3.99. The SMILES string of the molecule is NS(=O)(=O)c1ccc(NCc2cc(Cl)c3c(c2)OCCCO3)nc1. The number of nitrogens with one attached hydrogen (secondary N) is 1. The van der Waals surface area contributed by atoms with Gasteiger partial charge in [0.05, 0.1) is 18.2 Å². The number of ether oxygens (including phenoxy) is 2. The lowest BCUT2D eigenvalue weighted by Crippen LogP contribution is -2.12. The Balaban J connectivity index is 1.73. The van der Waals surface area contributed by atoms with Gasteiger partial charge in [0.25, 0.3) is 0 Å². The highest BCUT2D eigenvalue weighted by molar-refractivity contribution is 7.89. The molecule has 3 rings (SSSR count). The number of halogens is 1. The largest absolute Gasteiger partial charge is 0.489 e. The summed E-state index contributed by atoms with van der Waals surface area (Å²) in [5, 5.41) is 8.61. The Hall–Kier alpha value is -2.03. The van der Waals surface area contributed by atoms with Crippen molar-refractivity contribution in [2.45, 2.75) is 17.9 Å². The zero-order chi connectivity index (χ0) is 17.2. The summed E-state index contributed by atoms with van der Waals surface area (Å²) < 4.78 is 33.6. The van der Waals surface area contributed by atoms with Gasteiger partial charge in [-0.05, 0) is 29.8 Å². The molecule has 0 aliphatic carbocycles. The average Bonchev–Trinajstić information content (AvgIpc) is 2.78. The molecule has 0 radical (unpaired) electrons. The highest BCUT2D eigenvalue weighted by Crippen LogP contribution is 2.38. The molecule has 0 unspecified atom stereocenters. The number of rotatable bonds is 4. The second kappa shape index (κ2) is 6.84. The van der Waals surface area contributed by atoms with E-state index in [1.807, 2.05) is 6.07 Å². The molecule has 0 bridgehead atoms. The first-order chi connectivity index (χ1) is 11.4. The smallest absolute Gasteiger partial charge is 0.239 e. The van der Waals surface area contributed by atoms with E-state index in [0.717, 1.165) is 12.0 Å². The number of sulfonamides is 1. The van der Waals surface area contributed by atoms with Gasteiger partial charge in [-0.15, -0.1) is 0 Å². The third kappa shape index (κ3) is 3.89. The molecule has 9 heteroatoms. The number of hydrogen-bond donors (Lipinski definition) is 2. The fourth-order valence-corrected chi connectivity index (χ4v) is 2.98. The predicted octanol–water partition coefficient (Wildman–Crippen LogP) is 2.16. The van der Waals surface area contributed by atoms with Crippen LogP contribution in [0.1, 0.15) is 12.0 Å². The van der Waals surface area contributed by atoms with Crippen molar-refractivity contribution in [3.05, 3.63) is 41.0 Å². The van der Waals surface area contributed by atoms with E-state index in [-0.39, 0.29) is 4.90 Å². The van der Waals surface area contributed by atoms with Gasteiger partial charge in [0.15, 0.2) is 11.5 Å². The van der Waals surface area contributed by atoms with Crippen LogP contribution in [0.4, 0.5) is 5.82 Å². The molecule has 0 fully saturated rings. The van der Waals surface area contributed by atoms with Crippen LogP contribution < -0.4 is 19.9 Å². The lowest BCUT2D eigenvalue weighted by Gasteiger charge is -2.12. The molecule has 1 aromatic heterocycles. The Morgan fingerprint density at radius 1 is 1.25 bits per heavy atom. The first kappa shape index (κ1) is 16.8. The Morgan fingerprint density at radius 3 is 2.75 bits per heavy atom. The number of nitrogens with zero attached hydrogens (tertiary/aromatic N) is 1. The van der Waals surface area contributed by atoms with Crippen molar-refractivity contribution in [1.82, 2.24) is 4.98 Å². The number of primary sulfonamides is 1. The van der Waals surface area contributed by atoms with E-state index < -0.39 is 10.0 Å². The molecule has 2 heterocycles. The van der Waals surface area contributed by atoms with Crippen molar-refractivity contribution in [3.63, 3.8) is 0 Å². The lowest BCUT2D eigenvalue weighted by atomic mass is 10.2. The minimum atomic E-state index is -3.74. The number of pyridine rings is 1. The summed E-state index contributed by atoms with van der Waals surface area (Å²) >= 11 is 6.24. The maximum Gasteiger partial charge on any atom is 0.239 e. The Kier molecular flexibility index (Phi) is 4.79. The van der Waals surface area contributed by atoms with Crippen LogP contribution in [0.25, 0.3) is 0 Å². The second-order valence-electron chi connectivity index (χ2n) is 5.23. The van der Waals surface area contributed by atoms with Crippen molar-refractivity contribution < 1.29 is 17.9 Å². The van der Waals surface area contributed by atoms with Crippen LogP contribution in [-0.2, 0) is 16.6 Å². The monoisotopic (exact) mass is 369 g/mol. The van der Waals surface area contributed by atoms with E-state index in [4.69, 9.17) is 26.2 Å². The minimum Gasteiger partial charge on any atom is -0.489 e. The molecule has 0 saturated carbocycles. The zero-order valence-electron chi connectivity index (χ0n) is 12.7. The summed E-state index contributed by atoms with van der Waals surface area (Å²) in [6.07, 6.45) is 2.01. The van der Waals surface area contributed by atoms with Gasteiger partial charge in [0, 0.05) is 19.2 Å². The van der Waals surface area contributed by atoms with Gasteiger partial charge >= 0.3 is 0 Å². The van der Waals surface area contributed by atoms with Crippen LogP contribution in [0, 0.1) is 0 Å². The predicted molar refractivity (Wildman–Crippen MR) is 90.0 cm³/mol. The standard InChI is InChI=1S/C15H16ClN3O4S/c16-12-6-10(7-13-15(12)23-5-1-4-22-13)8-18-14-3-2-11(9-19-14)24(17,20)21/h2-3,6-7,9H,1,4-5,8H2,(H,18,19)(H2,17,20,21). The van der Waals surface area contributed by atoms with E-state index in [9.17, 15) is 8.42 Å². The normalized spacial score (nSPS) is 14.1. The molecule has 1 aliphatic heterocycles. The number of hydrogen-bond acceptors (Lipinski definition) is 6. The first-order valence-electron chi connectivity index (χ1n) is 7.24. The van der Waals surface area contributed by atoms with E-state index in [1.165, 1.54) is 12.3 Å². The molecule has 128 valence electrons. The number of nitrogens with two attached hydrogens (primary N) is 1. The maximum atomic E-state index is 11.2. The second-order valence-corrected chi connectivity index (χ2v) is 7.20. The van der Waals surface area contributed by atoms with Gasteiger partial charge < -0.3 is 14.8 Å². The molecule has 2 aromatic rings. The molecule has 0 saturated heterocycles. The molecule has 1 aliphatic rings. The summed E-state index contributed by atoms with van der Waals surface area (Å²) in [5.41, 5.74) is 0.890.